The van der Waals surface area contributed by atoms with Crippen molar-refractivity contribution in [2.45, 2.75) is 50.1 Å². The van der Waals surface area contributed by atoms with Crippen LogP contribution < -0.4 is 5.32 Å². The lowest BCUT2D eigenvalue weighted by molar-refractivity contribution is -0.175. The molecule has 0 saturated heterocycles. The van der Waals surface area contributed by atoms with Crippen LogP contribution in [0.4, 0.5) is 19.0 Å². The molecule has 1 N–H and O–H groups in total. The van der Waals surface area contributed by atoms with Crippen molar-refractivity contribution in [1.82, 2.24) is 4.98 Å². The van der Waals surface area contributed by atoms with Gasteiger partial charge in [-0.2, -0.15) is 13.2 Å². The van der Waals surface area contributed by atoms with Crippen LogP contribution in [0.5, 0.6) is 0 Å². The second-order valence-corrected chi connectivity index (χ2v) is 10.5. The number of alkyl halides is 3. The highest BCUT2D eigenvalue weighted by Gasteiger charge is 2.61. The summed E-state index contributed by atoms with van der Waals surface area (Å²) in [5.41, 5.74) is -0.396. The maximum atomic E-state index is 13.3. The molecule has 2 aromatic rings. The number of hydrogen-bond donors (Lipinski definition) is 1. The van der Waals surface area contributed by atoms with Gasteiger partial charge in [0.2, 0.25) is 0 Å². The van der Waals surface area contributed by atoms with Crippen LogP contribution in [0.15, 0.2) is 42.6 Å². The minimum atomic E-state index is -4.59. The molecule has 6 rings (SSSR count). The van der Waals surface area contributed by atoms with E-state index >= 15 is 0 Å². The Morgan fingerprint density at radius 1 is 1.12 bits per heavy atom. The summed E-state index contributed by atoms with van der Waals surface area (Å²) in [5, 5.41) is 1.98. The highest BCUT2D eigenvalue weighted by molar-refractivity contribution is 6.33. The lowest BCUT2D eigenvalue weighted by Crippen LogP contribution is -2.57. The van der Waals surface area contributed by atoms with Crippen LogP contribution in [0.2, 0.25) is 5.02 Å². The minimum absolute atomic E-state index is 0.0374. The smallest absolute Gasteiger partial charge is 0.417 e. The first-order valence-electron chi connectivity index (χ1n) is 11.3. The van der Waals surface area contributed by atoms with Crippen molar-refractivity contribution in [3.05, 3.63) is 58.7 Å². The lowest BCUT2D eigenvalue weighted by Gasteiger charge is -2.61. The fraction of sp³-hybridized carbons (Fsp3) is 0.480. The molecule has 0 aliphatic heterocycles. The van der Waals surface area contributed by atoms with Gasteiger partial charge < -0.3 is 10.1 Å². The summed E-state index contributed by atoms with van der Waals surface area (Å²) in [5.74, 6) is -0.377. The number of anilines is 1. The average molecular weight is 493 g/mol. The molecular weight excluding hydrogens is 469 g/mol. The first kappa shape index (κ1) is 23.1. The standard InChI is InChI=1S/C25H24ClF3N2O3/c26-19-7-18(25(27,28)29)12-30-21(19)31-20(32)13-34-22(33)24-10-15-6-16(11-24)9-23(8-15,14-24)17-4-2-1-3-5-17/h1-5,7,12,15-16H,6,8-11,13-14H2,(H,30,31,32)/t15-,16+,23?,24?. The summed E-state index contributed by atoms with van der Waals surface area (Å²) in [6.45, 7) is -0.548. The summed E-state index contributed by atoms with van der Waals surface area (Å²) >= 11 is 5.84. The van der Waals surface area contributed by atoms with Gasteiger partial charge in [0.25, 0.3) is 5.91 Å². The third kappa shape index (κ3) is 4.17. The quantitative estimate of drug-likeness (QED) is 0.538. The largest absolute Gasteiger partial charge is 0.455 e. The highest BCUT2D eigenvalue weighted by atomic mass is 35.5. The predicted molar refractivity (Wildman–Crippen MR) is 119 cm³/mol. The first-order chi connectivity index (χ1) is 16.1. The SMILES string of the molecule is O=C(COC(=O)C12C[C@H]3C[C@@H](C1)CC(c1ccccc1)(C3)C2)Nc1ncc(C(F)(F)F)cc1Cl. The van der Waals surface area contributed by atoms with Crippen LogP contribution in [0.25, 0.3) is 0 Å². The van der Waals surface area contributed by atoms with E-state index in [9.17, 15) is 22.8 Å². The molecule has 4 saturated carbocycles. The number of nitrogens with one attached hydrogen (secondary N) is 1. The molecule has 4 aliphatic carbocycles. The second kappa shape index (κ2) is 8.26. The summed E-state index contributed by atoms with van der Waals surface area (Å²) in [6.07, 6.45) is 1.51. The fourth-order valence-electron chi connectivity index (χ4n) is 6.77. The van der Waals surface area contributed by atoms with E-state index in [1.165, 1.54) is 5.56 Å². The fourth-order valence-corrected chi connectivity index (χ4v) is 6.98. The molecule has 0 spiro atoms. The number of aromatic nitrogens is 1. The second-order valence-electron chi connectivity index (χ2n) is 10.1. The average Bonchev–Trinajstić information content (AvgIpc) is 2.78. The molecule has 34 heavy (non-hydrogen) atoms. The molecule has 2 unspecified atom stereocenters. The van der Waals surface area contributed by atoms with Crippen LogP contribution in [0.3, 0.4) is 0 Å². The van der Waals surface area contributed by atoms with E-state index in [-0.39, 0.29) is 22.2 Å². The van der Waals surface area contributed by atoms with Crippen LogP contribution in [0, 0.1) is 17.3 Å². The Kier molecular flexibility index (Phi) is 5.62. The molecule has 4 atom stereocenters. The number of esters is 1. The van der Waals surface area contributed by atoms with Crippen molar-refractivity contribution in [2.75, 3.05) is 11.9 Å². The minimum Gasteiger partial charge on any atom is -0.455 e. The van der Waals surface area contributed by atoms with Gasteiger partial charge in [-0.25, -0.2) is 4.98 Å². The molecule has 4 aliphatic rings. The van der Waals surface area contributed by atoms with Crippen LogP contribution in [-0.2, 0) is 25.9 Å². The van der Waals surface area contributed by atoms with Crippen molar-refractivity contribution in [3.63, 3.8) is 0 Å². The van der Waals surface area contributed by atoms with Crippen molar-refractivity contribution in [1.29, 1.82) is 0 Å². The third-order valence-electron chi connectivity index (χ3n) is 7.64. The zero-order valence-electron chi connectivity index (χ0n) is 18.3. The van der Waals surface area contributed by atoms with Gasteiger partial charge in [-0.1, -0.05) is 41.9 Å². The van der Waals surface area contributed by atoms with Gasteiger partial charge in [0.05, 0.1) is 16.0 Å². The van der Waals surface area contributed by atoms with E-state index in [2.05, 4.69) is 22.4 Å². The normalized spacial score (nSPS) is 29.6. The number of amides is 1. The number of nitrogens with zero attached hydrogens (tertiary/aromatic N) is 1. The van der Waals surface area contributed by atoms with Crippen molar-refractivity contribution in [3.8, 4) is 0 Å². The number of benzene rings is 1. The van der Waals surface area contributed by atoms with Gasteiger partial charge in [-0.3, -0.25) is 9.59 Å². The molecule has 4 fully saturated rings. The summed E-state index contributed by atoms with van der Waals surface area (Å²) in [7, 11) is 0. The molecule has 9 heteroatoms. The van der Waals surface area contributed by atoms with Crippen molar-refractivity contribution in [2.24, 2.45) is 17.3 Å². The predicted octanol–water partition coefficient (Wildman–Crippen LogP) is 5.77. The molecular formula is C25H24ClF3N2O3. The molecule has 1 aromatic carbocycles. The number of carbonyl (C=O) groups is 2. The van der Waals surface area contributed by atoms with Crippen LogP contribution in [-0.4, -0.2) is 23.5 Å². The highest BCUT2D eigenvalue weighted by Crippen LogP contribution is 2.66. The topological polar surface area (TPSA) is 68.3 Å². The molecule has 180 valence electrons. The van der Waals surface area contributed by atoms with E-state index in [0.717, 1.165) is 32.1 Å². The summed E-state index contributed by atoms with van der Waals surface area (Å²) < 4.78 is 43.8. The maximum absolute atomic E-state index is 13.3. The van der Waals surface area contributed by atoms with Gasteiger partial charge in [-0.05, 0) is 67.4 Å². The Balaban J connectivity index is 1.26. The Labute approximate surface area is 200 Å². The van der Waals surface area contributed by atoms with Crippen LogP contribution in [0.1, 0.15) is 49.7 Å². The summed E-state index contributed by atoms with van der Waals surface area (Å²) in [4.78, 5) is 29.2. The monoisotopic (exact) mass is 492 g/mol. The Morgan fingerprint density at radius 2 is 1.79 bits per heavy atom. The number of hydrogen-bond acceptors (Lipinski definition) is 4. The molecule has 5 nitrogen and oxygen atoms in total. The third-order valence-corrected chi connectivity index (χ3v) is 7.93. The van der Waals surface area contributed by atoms with E-state index in [4.69, 9.17) is 16.3 Å². The zero-order chi connectivity index (χ0) is 24.1. The van der Waals surface area contributed by atoms with Gasteiger partial charge in [0, 0.05) is 6.20 Å². The van der Waals surface area contributed by atoms with Crippen LogP contribution >= 0.6 is 11.6 Å². The van der Waals surface area contributed by atoms with Gasteiger partial charge in [0.15, 0.2) is 12.4 Å². The Morgan fingerprint density at radius 3 is 2.41 bits per heavy atom. The molecule has 1 amide bonds. The van der Waals surface area contributed by atoms with E-state index in [1.807, 2.05) is 18.2 Å². The molecule has 1 aromatic heterocycles. The van der Waals surface area contributed by atoms with Crippen molar-refractivity contribution < 1.29 is 27.5 Å². The lowest BCUT2D eigenvalue weighted by atomic mass is 9.43. The number of carbonyl (C=O) groups excluding carboxylic acids is 2. The van der Waals surface area contributed by atoms with E-state index < -0.39 is 29.7 Å². The number of rotatable bonds is 5. The van der Waals surface area contributed by atoms with Gasteiger partial charge >= 0.3 is 12.1 Å². The number of pyridine rings is 1. The Bertz CT molecular complexity index is 1110. The maximum Gasteiger partial charge on any atom is 0.417 e. The van der Waals surface area contributed by atoms with Gasteiger partial charge in [-0.15, -0.1) is 0 Å². The summed E-state index contributed by atoms with van der Waals surface area (Å²) in [6, 6.07) is 11.0. The van der Waals surface area contributed by atoms with E-state index in [1.54, 1.807) is 0 Å². The number of halogens is 4. The molecule has 1 heterocycles. The van der Waals surface area contributed by atoms with E-state index in [0.29, 0.717) is 30.5 Å². The first-order valence-corrected chi connectivity index (χ1v) is 11.7. The molecule has 0 radical (unpaired) electrons. The van der Waals surface area contributed by atoms with Crippen molar-refractivity contribution >= 4 is 29.3 Å². The Hall–Kier alpha value is -2.61. The van der Waals surface area contributed by atoms with Gasteiger partial charge in [0.1, 0.15) is 0 Å². The zero-order valence-corrected chi connectivity index (χ0v) is 19.1. The number of ether oxygens (including phenoxy) is 1. The molecule has 4 bridgehead atoms.